The summed E-state index contributed by atoms with van der Waals surface area (Å²) in [4.78, 5) is 2.27. The molecule has 2 heteroatoms. The summed E-state index contributed by atoms with van der Waals surface area (Å²) in [6.07, 6.45) is 3.32. The summed E-state index contributed by atoms with van der Waals surface area (Å²) in [6, 6.07) is 6.17. The third kappa shape index (κ3) is 1.90. The zero-order valence-corrected chi connectivity index (χ0v) is 9.11. The third-order valence-electron chi connectivity index (χ3n) is 3.02. The van der Waals surface area contributed by atoms with E-state index in [1.54, 1.807) is 6.08 Å². The Morgan fingerprint density at radius 1 is 1.53 bits per heavy atom. The van der Waals surface area contributed by atoms with Crippen molar-refractivity contribution in [2.75, 3.05) is 18.5 Å². The number of nitrogens with zero attached hydrogens (tertiary/aromatic N) is 1. The maximum atomic E-state index is 9.67. The van der Waals surface area contributed by atoms with E-state index in [-0.39, 0.29) is 0 Å². The molecule has 1 aromatic rings. The first-order chi connectivity index (χ1) is 7.22. The number of hydrogen-bond acceptors (Lipinski definition) is 2. The van der Waals surface area contributed by atoms with Crippen molar-refractivity contribution in [1.29, 1.82) is 0 Å². The summed E-state index contributed by atoms with van der Waals surface area (Å²) in [5.74, 6) is 0. The number of rotatable bonds is 2. The minimum absolute atomic E-state index is 0.539. The molecule has 0 amide bonds. The second-order valence-corrected chi connectivity index (χ2v) is 4.09. The molecule has 1 aliphatic rings. The molecule has 0 aromatic heterocycles. The van der Waals surface area contributed by atoms with Gasteiger partial charge in [0.05, 0.1) is 6.10 Å². The van der Waals surface area contributed by atoms with Gasteiger partial charge in [0, 0.05) is 19.3 Å². The van der Waals surface area contributed by atoms with Crippen LogP contribution in [0.2, 0.25) is 0 Å². The number of benzene rings is 1. The summed E-state index contributed by atoms with van der Waals surface area (Å²) in [5.41, 5.74) is 3.57. The molecule has 1 heterocycles. The molecule has 1 N–H and O–H groups in total. The van der Waals surface area contributed by atoms with E-state index in [4.69, 9.17) is 0 Å². The fraction of sp³-hybridized carbons (Fsp3) is 0.385. The lowest BCUT2D eigenvalue weighted by Gasteiger charge is -2.28. The molecular formula is C13H17NO. The van der Waals surface area contributed by atoms with Gasteiger partial charge in [0.25, 0.3) is 0 Å². The number of aliphatic hydroxyl groups is 1. The highest BCUT2D eigenvalue weighted by Gasteiger charge is 2.14. The number of fused-ring (bicyclic) bond motifs is 1. The molecule has 0 fully saturated rings. The van der Waals surface area contributed by atoms with Gasteiger partial charge in [-0.3, -0.25) is 0 Å². The lowest BCUT2D eigenvalue weighted by molar-refractivity contribution is 0.229. The summed E-state index contributed by atoms with van der Waals surface area (Å²) in [7, 11) is 2.11. The smallest absolute Gasteiger partial charge is 0.0969 e. The van der Waals surface area contributed by atoms with Gasteiger partial charge in [-0.25, -0.2) is 0 Å². The summed E-state index contributed by atoms with van der Waals surface area (Å²) in [6.45, 7) is 4.72. The van der Waals surface area contributed by atoms with Crippen LogP contribution in [0.4, 0.5) is 5.69 Å². The highest BCUT2D eigenvalue weighted by molar-refractivity contribution is 5.56. The highest BCUT2D eigenvalue weighted by Crippen LogP contribution is 2.28. The van der Waals surface area contributed by atoms with E-state index < -0.39 is 6.10 Å². The van der Waals surface area contributed by atoms with E-state index in [9.17, 15) is 5.11 Å². The predicted octanol–water partition coefficient (Wildman–Crippen LogP) is 2.29. The number of aliphatic hydroxyl groups excluding tert-OH is 1. The van der Waals surface area contributed by atoms with Crippen molar-refractivity contribution in [1.82, 2.24) is 0 Å². The van der Waals surface area contributed by atoms with Gasteiger partial charge in [0.15, 0.2) is 0 Å². The van der Waals surface area contributed by atoms with Crippen molar-refractivity contribution in [3.8, 4) is 0 Å². The van der Waals surface area contributed by atoms with Crippen LogP contribution < -0.4 is 4.90 Å². The number of aryl methyl sites for hydroxylation is 1. The Hall–Kier alpha value is -1.28. The fourth-order valence-corrected chi connectivity index (χ4v) is 2.13. The molecule has 80 valence electrons. The van der Waals surface area contributed by atoms with Crippen LogP contribution >= 0.6 is 0 Å². The molecule has 0 radical (unpaired) electrons. The van der Waals surface area contributed by atoms with Crippen LogP contribution in [0.5, 0.6) is 0 Å². The lowest BCUT2D eigenvalue weighted by Crippen LogP contribution is -2.24. The molecular weight excluding hydrogens is 186 g/mol. The first-order valence-electron chi connectivity index (χ1n) is 5.37. The molecule has 2 rings (SSSR count). The van der Waals surface area contributed by atoms with Gasteiger partial charge in [-0.05, 0) is 30.0 Å². The Kier molecular flexibility index (Phi) is 2.78. The van der Waals surface area contributed by atoms with Crippen molar-refractivity contribution in [2.45, 2.75) is 18.9 Å². The van der Waals surface area contributed by atoms with E-state index in [1.807, 2.05) is 6.07 Å². The molecule has 0 saturated heterocycles. The third-order valence-corrected chi connectivity index (χ3v) is 3.02. The van der Waals surface area contributed by atoms with Crippen LogP contribution in [-0.2, 0) is 6.42 Å². The lowest BCUT2D eigenvalue weighted by atomic mass is 9.97. The Morgan fingerprint density at radius 2 is 2.33 bits per heavy atom. The normalized spacial score (nSPS) is 17.1. The van der Waals surface area contributed by atoms with Crippen molar-refractivity contribution in [3.05, 3.63) is 42.0 Å². The second kappa shape index (κ2) is 4.07. The summed E-state index contributed by atoms with van der Waals surface area (Å²) < 4.78 is 0. The van der Waals surface area contributed by atoms with Gasteiger partial charge in [-0.2, -0.15) is 0 Å². The highest BCUT2D eigenvalue weighted by atomic mass is 16.3. The SMILES string of the molecule is C=CC(O)c1ccc2c(c1)CCCN2C. The van der Waals surface area contributed by atoms with Crippen molar-refractivity contribution >= 4 is 5.69 Å². The second-order valence-electron chi connectivity index (χ2n) is 4.09. The van der Waals surface area contributed by atoms with Crippen LogP contribution in [0.3, 0.4) is 0 Å². The van der Waals surface area contributed by atoms with Crippen LogP contribution in [0, 0.1) is 0 Å². The van der Waals surface area contributed by atoms with E-state index in [0.717, 1.165) is 18.5 Å². The molecule has 1 aliphatic heterocycles. The van der Waals surface area contributed by atoms with Crippen LogP contribution in [-0.4, -0.2) is 18.7 Å². The molecule has 0 spiro atoms. The van der Waals surface area contributed by atoms with Gasteiger partial charge in [0.2, 0.25) is 0 Å². The first-order valence-corrected chi connectivity index (χ1v) is 5.37. The summed E-state index contributed by atoms with van der Waals surface area (Å²) >= 11 is 0. The van der Waals surface area contributed by atoms with Crippen LogP contribution in [0.25, 0.3) is 0 Å². The molecule has 0 aliphatic carbocycles. The molecule has 2 nitrogen and oxygen atoms in total. The van der Waals surface area contributed by atoms with Crippen molar-refractivity contribution in [3.63, 3.8) is 0 Å². The molecule has 1 aromatic carbocycles. The van der Waals surface area contributed by atoms with Gasteiger partial charge < -0.3 is 10.0 Å². The standard InChI is InChI=1S/C13H17NO/c1-3-13(15)11-6-7-12-10(9-11)5-4-8-14(12)2/h3,6-7,9,13,15H,1,4-5,8H2,2H3. The van der Waals surface area contributed by atoms with Crippen molar-refractivity contribution in [2.24, 2.45) is 0 Å². The average molecular weight is 203 g/mol. The van der Waals surface area contributed by atoms with Crippen LogP contribution in [0.1, 0.15) is 23.7 Å². The predicted molar refractivity (Wildman–Crippen MR) is 63.2 cm³/mol. The largest absolute Gasteiger partial charge is 0.384 e. The maximum Gasteiger partial charge on any atom is 0.0969 e. The minimum Gasteiger partial charge on any atom is -0.384 e. The fourth-order valence-electron chi connectivity index (χ4n) is 2.13. The quantitative estimate of drug-likeness (QED) is 0.745. The van der Waals surface area contributed by atoms with E-state index in [0.29, 0.717) is 0 Å². The average Bonchev–Trinajstić information content (AvgIpc) is 2.28. The number of hydrogen-bond donors (Lipinski definition) is 1. The first kappa shape index (κ1) is 10.2. The molecule has 0 saturated carbocycles. The summed E-state index contributed by atoms with van der Waals surface area (Å²) in [5, 5.41) is 9.67. The number of anilines is 1. The van der Waals surface area contributed by atoms with Crippen LogP contribution in [0.15, 0.2) is 30.9 Å². The molecule has 15 heavy (non-hydrogen) atoms. The van der Waals surface area contributed by atoms with Crippen molar-refractivity contribution < 1.29 is 5.11 Å². The van der Waals surface area contributed by atoms with E-state index in [2.05, 4.69) is 30.7 Å². The Labute approximate surface area is 90.8 Å². The van der Waals surface area contributed by atoms with E-state index in [1.165, 1.54) is 17.7 Å². The molecule has 1 unspecified atom stereocenters. The Balaban J connectivity index is 2.37. The zero-order valence-electron chi connectivity index (χ0n) is 9.11. The van der Waals surface area contributed by atoms with Gasteiger partial charge in [-0.15, -0.1) is 6.58 Å². The maximum absolute atomic E-state index is 9.67. The van der Waals surface area contributed by atoms with E-state index >= 15 is 0 Å². The zero-order chi connectivity index (χ0) is 10.8. The Morgan fingerprint density at radius 3 is 3.07 bits per heavy atom. The monoisotopic (exact) mass is 203 g/mol. The van der Waals surface area contributed by atoms with Gasteiger partial charge in [0.1, 0.15) is 0 Å². The van der Waals surface area contributed by atoms with Gasteiger partial charge in [-0.1, -0.05) is 18.2 Å². The minimum atomic E-state index is -0.539. The molecule has 0 bridgehead atoms. The topological polar surface area (TPSA) is 23.5 Å². The van der Waals surface area contributed by atoms with Gasteiger partial charge >= 0.3 is 0 Å². The Bertz CT molecular complexity index is 373. The molecule has 1 atom stereocenters.